The van der Waals surface area contributed by atoms with E-state index < -0.39 is 0 Å². The van der Waals surface area contributed by atoms with E-state index in [0.29, 0.717) is 15.1 Å². The molecule has 2 rings (SSSR count). The van der Waals surface area contributed by atoms with Gasteiger partial charge in [-0.2, -0.15) is 0 Å². The third-order valence-electron chi connectivity index (χ3n) is 3.02. The van der Waals surface area contributed by atoms with Crippen LogP contribution in [0, 0.1) is 0 Å². The van der Waals surface area contributed by atoms with Gasteiger partial charge in [-0.15, -0.1) is 0 Å². The van der Waals surface area contributed by atoms with Crippen LogP contribution in [0.1, 0.15) is 15.9 Å². The fraction of sp³-hybridized carbons (Fsp3) is 0.0588. The molecule has 23 heavy (non-hydrogen) atoms. The van der Waals surface area contributed by atoms with E-state index in [4.69, 9.17) is 11.6 Å². The third-order valence-corrected chi connectivity index (χ3v) is 3.96. The van der Waals surface area contributed by atoms with Crippen LogP contribution in [0.25, 0.3) is 6.08 Å². The van der Waals surface area contributed by atoms with E-state index >= 15 is 0 Å². The predicted molar refractivity (Wildman–Crippen MR) is 95.1 cm³/mol. The maximum Gasteiger partial charge on any atom is 0.267 e. The molecule has 0 aliphatic heterocycles. The lowest BCUT2D eigenvalue weighted by Crippen LogP contribution is -2.33. The van der Waals surface area contributed by atoms with Crippen molar-refractivity contribution in [2.45, 2.75) is 0 Å². The molecule has 0 saturated heterocycles. The molecule has 4 nitrogen and oxygen atoms in total. The molecular weight excluding hydrogens is 380 g/mol. The lowest BCUT2D eigenvalue weighted by Gasteiger charge is -2.10. The molecule has 0 spiro atoms. The van der Waals surface area contributed by atoms with Gasteiger partial charge in [0.1, 0.15) is 5.70 Å². The lowest BCUT2D eigenvalue weighted by molar-refractivity contribution is -0.117. The molecule has 0 unspecified atom stereocenters. The Bertz CT molecular complexity index is 757. The summed E-state index contributed by atoms with van der Waals surface area (Å²) in [5, 5.41) is 5.74. The Morgan fingerprint density at radius 3 is 2.35 bits per heavy atom. The lowest BCUT2D eigenvalue weighted by atomic mass is 10.1. The summed E-state index contributed by atoms with van der Waals surface area (Å²) in [4.78, 5) is 24.4. The largest absolute Gasteiger partial charge is 0.354 e. The second-order valence-corrected chi connectivity index (χ2v) is 5.91. The number of rotatable bonds is 4. The highest BCUT2D eigenvalue weighted by Crippen LogP contribution is 2.17. The van der Waals surface area contributed by atoms with Crippen molar-refractivity contribution in [1.29, 1.82) is 0 Å². The van der Waals surface area contributed by atoms with Gasteiger partial charge >= 0.3 is 0 Å². The molecule has 0 radical (unpaired) electrons. The van der Waals surface area contributed by atoms with Crippen LogP contribution in [0.5, 0.6) is 0 Å². The third kappa shape index (κ3) is 4.68. The molecule has 0 saturated carbocycles. The van der Waals surface area contributed by atoms with Crippen LogP contribution in [-0.2, 0) is 4.79 Å². The minimum Gasteiger partial charge on any atom is -0.354 e. The monoisotopic (exact) mass is 392 g/mol. The summed E-state index contributed by atoms with van der Waals surface area (Å²) in [6, 6.07) is 13.9. The molecule has 0 bridgehead atoms. The molecular formula is C17H14BrClN2O2. The van der Waals surface area contributed by atoms with Gasteiger partial charge in [-0.25, -0.2) is 0 Å². The number of hydrogen-bond donors (Lipinski definition) is 2. The van der Waals surface area contributed by atoms with Crippen LogP contribution < -0.4 is 10.6 Å². The highest BCUT2D eigenvalue weighted by molar-refractivity contribution is 9.10. The number of carbonyl (C=O) groups excluding carboxylic acids is 2. The second-order valence-electron chi connectivity index (χ2n) is 4.62. The Balaban J connectivity index is 2.29. The predicted octanol–water partition coefficient (Wildman–Crippen LogP) is 3.62. The maximum atomic E-state index is 12.4. The number of nitrogens with one attached hydrogen (secondary N) is 2. The highest BCUT2D eigenvalue weighted by atomic mass is 79.9. The summed E-state index contributed by atoms with van der Waals surface area (Å²) in [5.74, 6) is -0.762. The summed E-state index contributed by atoms with van der Waals surface area (Å²) >= 11 is 9.17. The van der Waals surface area contributed by atoms with Gasteiger partial charge in [0, 0.05) is 16.5 Å². The Morgan fingerprint density at radius 2 is 1.74 bits per heavy atom. The fourth-order valence-corrected chi connectivity index (χ4v) is 2.44. The Morgan fingerprint density at radius 1 is 1.09 bits per heavy atom. The van der Waals surface area contributed by atoms with Crippen LogP contribution in [0.15, 0.2) is 58.7 Å². The molecule has 2 N–H and O–H groups in total. The maximum absolute atomic E-state index is 12.4. The number of likely N-dealkylation sites (N-methyl/N-ethyl adjacent to an activating group) is 1. The standard InChI is InChI=1S/C17H14BrClN2O2/c1-20-17(23)15(10-11-6-8-12(19)9-7-11)21-16(22)13-4-2-3-5-14(13)18/h2-10H,1H3,(H,20,23)(H,21,22)/b15-10+. The van der Waals surface area contributed by atoms with Crippen molar-refractivity contribution in [3.63, 3.8) is 0 Å². The van der Waals surface area contributed by atoms with Crippen molar-refractivity contribution in [2.75, 3.05) is 7.05 Å². The van der Waals surface area contributed by atoms with E-state index in [1.165, 1.54) is 7.05 Å². The molecule has 6 heteroatoms. The quantitative estimate of drug-likeness (QED) is 0.780. The fourth-order valence-electron chi connectivity index (χ4n) is 1.85. The van der Waals surface area contributed by atoms with Crippen LogP contribution in [0.2, 0.25) is 5.02 Å². The molecule has 2 aromatic carbocycles. The van der Waals surface area contributed by atoms with Gasteiger partial charge in [0.15, 0.2) is 0 Å². The van der Waals surface area contributed by atoms with Crippen molar-refractivity contribution < 1.29 is 9.59 Å². The van der Waals surface area contributed by atoms with Crippen molar-refractivity contribution in [3.8, 4) is 0 Å². The number of amides is 2. The van der Waals surface area contributed by atoms with Crippen molar-refractivity contribution in [2.24, 2.45) is 0 Å². The van der Waals surface area contributed by atoms with Gasteiger partial charge in [0.25, 0.3) is 11.8 Å². The molecule has 0 aromatic heterocycles. The molecule has 2 amide bonds. The number of halogens is 2. The summed E-state index contributed by atoms with van der Waals surface area (Å²) in [7, 11) is 1.50. The SMILES string of the molecule is CNC(=O)/C(=C\c1ccc(Cl)cc1)NC(=O)c1ccccc1Br. The van der Waals surface area contributed by atoms with Crippen molar-refractivity contribution in [3.05, 3.63) is 74.9 Å². The number of hydrogen-bond acceptors (Lipinski definition) is 2. The van der Waals surface area contributed by atoms with E-state index in [0.717, 1.165) is 5.56 Å². The van der Waals surface area contributed by atoms with E-state index in [-0.39, 0.29) is 17.5 Å². The molecule has 0 aliphatic carbocycles. The van der Waals surface area contributed by atoms with Crippen LogP contribution in [-0.4, -0.2) is 18.9 Å². The number of benzene rings is 2. The van der Waals surface area contributed by atoms with Crippen LogP contribution in [0.3, 0.4) is 0 Å². The van der Waals surface area contributed by atoms with Crippen LogP contribution in [0.4, 0.5) is 0 Å². The van der Waals surface area contributed by atoms with Gasteiger partial charge in [-0.05, 0) is 51.8 Å². The average molecular weight is 394 g/mol. The molecule has 118 valence electrons. The zero-order valence-corrected chi connectivity index (χ0v) is 14.6. The Kier molecular flexibility index (Phi) is 5.96. The normalized spacial score (nSPS) is 11.0. The molecule has 2 aromatic rings. The number of carbonyl (C=O) groups is 2. The second kappa shape index (κ2) is 7.94. The summed E-state index contributed by atoms with van der Waals surface area (Å²) < 4.78 is 0.653. The van der Waals surface area contributed by atoms with Gasteiger partial charge < -0.3 is 10.6 Å². The smallest absolute Gasteiger partial charge is 0.267 e. The van der Waals surface area contributed by atoms with E-state index in [1.807, 2.05) is 6.07 Å². The van der Waals surface area contributed by atoms with Gasteiger partial charge in [-0.1, -0.05) is 35.9 Å². The summed E-state index contributed by atoms with van der Waals surface area (Å²) in [6.07, 6.45) is 1.59. The zero-order valence-electron chi connectivity index (χ0n) is 12.3. The van der Waals surface area contributed by atoms with Gasteiger partial charge in [0.2, 0.25) is 0 Å². The minimum absolute atomic E-state index is 0.149. The highest BCUT2D eigenvalue weighted by Gasteiger charge is 2.15. The Hall–Kier alpha value is -2.11. The van der Waals surface area contributed by atoms with Gasteiger partial charge in [0.05, 0.1) is 5.56 Å². The van der Waals surface area contributed by atoms with Crippen LogP contribution >= 0.6 is 27.5 Å². The zero-order chi connectivity index (χ0) is 16.8. The first kappa shape index (κ1) is 17.2. The summed E-state index contributed by atoms with van der Waals surface area (Å²) in [6.45, 7) is 0. The van der Waals surface area contributed by atoms with Crippen molar-refractivity contribution in [1.82, 2.24) is 10.6 Å². The first-order chi connectivity index (χ1) is 11.0. The average Bonchev–Trinajstić information content (AvgIpc) is 2.55. The first-order valence-corrected chi connectivity index (χ1v) is 7.93. The van der Waals surface area contributed by atoms with E-state index in [1.54, 1.807) is 48.5 Å². The molecule has 0 aliphatic rings. The van der Waals surface area contributed by atoms with E-state index in [9.17, 15) is 9.59 Å². The Labute approximate surface area is 147 Å². The molecule has 0 heterocycles. The summed E-state index contributed by atoms with van der Waals surface area (Å²) in [5.41, 5.74) is 1.34. The molecule has 0 fully saturated rings. The van der Waals surface area contributed by atoms with E-state index in [2.05, 4.69) is 26.6 Å². The minimum atomic E-state index is -0.389. The first-order valence-electron chi connectivity index (χ1n) is 6.76. The van der Waals surface area contributed by atoms with Gasteiger partial charge in [-0.3, -0.25) is 9.59 Å². The van der Waals surface area contributed by atoms with Crippen molar-refractivity contribution >= 4 is 45.4 Å². The molecule has 0 atom stereocenters. The topological polar surface area (TPSA) is 58.2 Å².